The molecule has 206 valence electrons. The van der Waals surface area contributed by atoms with Gasteiger partial charge in [0.25, 0.3) is 5.91 Å². The number of fused-ring (bicyclic) bond motifs is 1. The molecule has 0 unspecified atom stereocenters. The highest BCUT2D eigenvalue weighted by atomic mass is 16.5. The van der Waals surface area contributed by atoms with Crippen LogP contribution in [0.5, 0.6) is 17.2 Å². The molecular formula is C34H29NO6. The van der Waals surface area contributed by atoms with Crippen molar-refractivity contribution in [1.29, 1.82) is 0 Å². The summed E-state index contributed by atoms with van der Waals surface area (Å²) < 4.78 is 23.6. The highest BCUT2D eigenvalue weighted by Crippen LogP contribution is 2.42. The van der Waals surface area contributed by atoms with Crippen molar-refractivity contribution < 1.29 is 23.4 Å². The van der Waals surface area contributed by atoms with Gasteiger partial charge in [-0.2, -0.15) is 0 Å². The Morgan fingerprint density at radius 1 is 0.854 bits per heavy atom. The first-order valence-electron chi connectivity index (χ1n) is 13.5. The van der Waals surface area contributed by atoms with Crippen LogP contribution in [-0.2, 0) is 6.61 Å². The molecule has 0 radical (unpaired) electrons. The molecule has 6 rings (SSSR count). The summed E-state index contributed by atoms with van der Waals surface area (Å²) in [5, 5.41) is 3.31. The number of carbonyl (C=O) groups is 1. The third-order valence-electron chi connectivity index (χ3n) is 7.11. The first-order valence-corrected chi connectivity index (χ1v) is 13.5. The van der Waals surface area contributed by atoms with Gasteiger partial charge in [-0.1, -0.05) is 42.5 Å². The van der Waals surface area contributed by atoms with E-state index in [4.69, 9.17) is 18.6 Å². The summed E-state index contributed by atoms with van der Waals surface area (Å²) in [5.74, 6) is 1.83. The number of amides is 1. The fraction of sp³-hybridized carbons (Fsp3) is 0.176. The van der Waals surface area contributed by atoms with Gasteiger partial charge < -0.3 is 23.9 Å². The Hall–Kier alpha value is -5.04. The van der Waals surface area contributed by atoms with Gasteiger partial charge >= 0.3 is 0 Å². The van der Waals surface area contributed by atoms with Gasteiger partial charge in [0.05, 0.1) is 19.8 Å². The van der Waals surface area contributed by atoms with Crippen LogP contribution >= 0.6 is 0 Å². The summed E-state index contributed by atoms with van der Waals surface area (Å²) in [6, 6.07) is 27.9. The van der Waals surface area contributed by atoms with Crippen LogP contribution in [0.4, 0.5) is 0 Å². The topological polar surface area (TPSA) is 87.0 Å². The number of nitrogens with one attached hydrogen (secondary N) is 1. The molecule has 7 heteroatoms. The molecule has 1 aromatic heterocycles. The van der Waals surface area contributed by atoms with E-state index in [2.05, 4.69) is 5.32 Å². The number of carbonyl (C=O) groups excluding carboxylic acids is 1. The lowest BCUT2D eigenvalue weighted by atomic mass is 9.99. The molecule has 1 heterocycles. The lowest BCUT2D eigenvalue weighted by Crippen LogP contribution is -2.25. The van der Waals surface area contributed by atoms with Gasteiger partial charge in [-0.3, -0.25) is 9.59 Å². The summed E-state index contributed by atoms with van der Waals surface area (Å²) >= 11 is 0. The number of hydrogen-bond donors (Lipinski definition) is 1. The van der Waals surface area contributed by atoms with Gasteiger partial charge in [0.15, 0.2) is 11.0 Å². The average molecular weight is 548 g/mol. The molecule has 1 amide bonds. The van der Waals surface area contributed by atoms with Crippen molar-refractivity contribution in [3.05, 3.63) is 112 Å². The number of ether oxygens (including phenoxy) is 3. The maximum Gasteiger partial charge on any atom is 0.251 e. The maximum absolute atomic E-state index is 13.5. The first-order chi connectivity index (χ1) is 20.0. The van der Waals surface area contributed by atoms with E-state index in [9.17, 15) is 9.59 Å². The van der Waals surface area contributed by atoms with Gasteiger partial charge in [-0.15, -0.1) is 0 Å². The molecular weight excluding hydrogens is 518 g/mol. The van der Waals surface area contributed by atoms with Crippen LogP contribution in [0.1, 0.15) is 28.8 Å². The second kappa shape index (κ2) is 11.2. The van der Waals surface area contributed by atoms with Crippen LogP contribution in [0.25, 0.3) is 33.4 Å². The minimum Gasteiger partial charge on any atom is -0.496 e. The van der Waals surface area contributed by atoms with E-state index < -0.39 is 0 Å². The monoisotopic (exact) mass is 547 g/mol. The van der Waals surface area contributed by atoms with Gasteiger partial charge in [0, 0.05) is 29.3 Å². The zero-order valence-electron chi connectivity index (χ0n) is 22.8. The molecule has 5 aromatic rings. The van der Waals surface area contributed by atoms with Crippen LogP contribution in [0.15, 0.2) is 100 Å². The number of methoxy groups -OCH3 is 2. The maximum atomic E-state index is 13.5. The molecule has 0 aliphatic heterocycles. The second-order valence-corrected chi connectivity index (χ2v) is 9.96. The second-order valence-electron chi connectivity index (χ2n) is 9.96. The predicted octanol–water partition coefficient (Wildman–Crippen LogP) is 6.62. The molecule has 1 aliphatic carbocycles. The number of hydrogen-bond acceptors (Lipinski definition) is 6. The SMILES string of the molecule is COc1cc(OC)c2c(=O)cc(-c3ccc(OCc4ccccc4)cc3)oc2c1-c1ccc(C(=O)NC2CC2)cc1. The third-order valence-corrected chi connectivity index (χ3v) is 7.11. The highest BCUT2D eigenvalue weighted by molar-refractivity contribution is 6.01. The zero-order valence-corrected chi connectivity index (χ0v) is 22.8. The van der Waals surface area contributed by atoms with E-state index in [-0.39, 0.29) is 17.4 Å². The molecule has 1 saturated carbocycles. The van der Waals surface area contributed by atoms with Gasteiger partial charge in [0.2, 0.25) is 0 Å². The van der Waals surface area contributed by atoms with Gasteiger partial charge in [-0.05, 0) is 60.4 Å². The predicted molar refractivity (Wildman–Crippen MR) is 158 cm³/mol. The molecule has 7 nitrogen and oxygen atoms in total. The fourth-order valence-electron chi connectivity index (χ4n) is 4.76. The molecule has 0 spiro atoms. The largest absolute Gasteiger partial charge is 0.496 e. The van der Waals surface area contributed by atoms with Crippen LogP contribution in [0, 0.1) is 0 Å². The quantitative estimate of drug-likeness (QED) is 0.223. The van der Waals surface area contributed by atoms with Crippen LogP contribution in [0.3, 0.4) is 0 Å². The Bertz CT molecular complexity index is 1750. The highest BCUT2D eigenvalue weighted by Gasteiger charge is 2.24. The molecule has 1 aliphatic rings. The van der Waals surface area contributed by atoms with E-state index in [0.29, 0.717) is 51.7 Å². The van der Waals surface area contributed by atoms with Crippen molar-refractivity contribution in [2.24, 2.45) is 0 Å². The van der Waals surface area contributed by atoms with E-state index in [1.807, 2.05) is 66.7 Å². The Labute approximate surface area is 237 Å². The van der Waals surface area contributed by atoms with E-state index in [1.54, 1.807) is 25.3 Å². The van der Waals surface area contributed by atoms with Gasteiger partial charge in [-0.25, -0.2) is 0 Å². The minimum absolute atomic E-state index is 0.101. The minimum atomic E-state index is -0.244. The fourth-order valence-corrected chi connectivity index (χ4v) is 4.76. The first kappa shape index (κ1) is 26.2. The van der Waals surface area contributed by atoms with Gasteiger partial charge in [0.1, 0.15) is 35.0 Å². The van der Waals surface area contributed by atoms with Crippen molar-refractivity contribution in [2.45, 2.75) is 25.5 Å². The molecule has 0 saturated heterocycles. The summed E-state index contributed by atoms with van der Waals surface area (Å²) in [6.07, 6.45) is 2.04. The van der Waals surface area contributed by atoms with Crippen molar-refractivity contribution in [3.63, 3.8) is 0 Å². The summed E-state index contributed by atoms with van der Waals surface area (Å²) in [4.78, 5) is 26.0. The lowest BCUT2D eigenvalue weighted by Gasteiger charge is -2.15. The van der Waals surface area contributed by atoms with Crippen molar-refractivity contribution >= 4 is 16.9 Å². The Morgan fingerprint density at radius 3 is 2.20 bits per heavy atom. The molecule has 1 N–H and O–H groups in total. The standard InChI is InChI=1S/C34H29NO6/c1-38-29-19-30(39-2)32-27(36)18-28(22-12-16-26(17-13-22)40-20-21-6-4-3-5-7-21)41-33(32)31(29)23-8-10-24(11-9-23)34(37)35-25-14-15-25/h3-13,16-19,25H,14-15,20H2,1-2H3,(H,35,37). The normalized spacial score (nSPS) is 12.6. The van der Waals surface area contributed by atoms with Crippen LogP contribution in [0.2, 0.25) is 0 Å². The Morgan fingerprint density at radius 2 is 1.54 bits per heavy atom. The van der Waals surface area contributed by atoms with Crippen LogP contribution < -0.4 is 25.0 Å². The summed E-state index contributed by atoms with van der Waals surface area (Å²) in [6.45, 7) is 0.454. The lowest BCUT2D eigenvalue weighted by molar-refractivity contribution is 0.0951. The van der Waals surface area contributed by atoms with Crippen molar-refractivity contribution in [1.82, 2.24) is 5.32 Å². The number of rotatable bonds is 9. The van der Waals surface area contributed by atoms with E-state index in [1.165, 1.54) is 13.2 Å². The Kier molecular flexibility index (Phi) is 7.17. The zero-order chi connectivity index (χ0) is 28.3. The molecule has 0 atom stereocenters. The molecule has 1 fully saturated rings. The van der Waals surface area contributed by atoms with Crippen LogP contribution in [-0.4, -0.2) is 26.2 Å². The average Bonchev–Trinajstić information content (AvgIpc) is 3.84. The Balaban J connectivity index is 1.38. The molecule has 41 heavy (non-hydrogen) atoms. The van der Waals surface area contributed by atoms with E-state index >= 15 is 0 Å². The summed E-state index contributed by atoms with van der Waals surface area (Å²) in [7, 11) is 3.06. The number of benzene rings is 4. The molecule has 0 bridgehead atoms. The van der Waals surface area contributed by atoms with E-state index in [0.717, 1.165) is 29.5 Å². The smallest absolute Gasteiger partial charge is 0.251 e. The summed E-state index contributed by atoms with van der Waals surface area (Å²) in [5.41, 5.74) is 3.78. The molecule has 4 aromatic carbocycles. The third kappa shape index (κ3) is 5.52. The van der Waals surface area contributed by atoms with Crippen molar-refractivity contribution in [2.75, 3.05) is 14.2 Å². The van der Waals surface area contributed by atoms with Crippen molar-refractivity contribution in [3.8, 4) is 39.7 Å².